The van der Waals surface area contributed by atoms with Crippen LogP contribution in [0.25, 0.3) is 0 Å². The van der Waals surface area contributed by atoms with Crippen molar-refractivity contribution >= 4 is 24.6 Å². The minimum Gasteiger partial charge on any atom is -0.444 e. The number of hydrogen-bond acceptors (Lipinski definition) is 5. The molecule has 0 aromatic heterocycles. The van der Waals surface area contributed by atoms with Gasteiger partial charge in [-0.3, -0.25) is 4.79 Å². The topological polar surface area (TPSA) is 77.1 Å². The molecule has 0 spiro atoms. The number of alkyl carbamates (subject to hydrolysis) is 1. The minimum absolute atomic E-state index is 0.193. The van der Waals surface area contributed by atoms with Gasteiger partial charge >= 0.3 is 13.2 Å². The van der Waals surface area contributed by atoms with Gasteiger partial charge in [0.2, 0.25) is 0 Å². The fourth-order valence-electron chi connectivity index (χ4n) is 3.55. The first-order valence-electron chi connectivity index (χ1n) is 10.6. The van der Waals surface area contributed by atoms with Gasteiger partial charge in [0, 0.05) is 24.1 Å². The number of amides is 2. The second-order valence-electron chi connectivity index (χ2n) is 10.2. The normalized spacial score (nSPS) is 22.5. The average Bonchev–Trinajstić information content (AvgIpc) is 3.14. The molecule has 31 heavy (non-hydrogen) atoms. The van der Waals surface area contributed by atoms with E-state index in [1.54, 1.807) is 25.7 Å². The fraction of sp³-hybridized carbons (Fsp3) is 0.636. The highest BCUT2D eigenvalue weighted by Crippen LogP contribution is 2.36. The molecular weight excluding hydrogens is 402 g/mol. The van der Waals surface area contributed by atoms with E-state index in [4.69, 9.17) is 14.0 Å². The molecule has 2 saturated heterocycles. The Morgan fingerprint density at radius 2 is 1.81 bits per heavy atom. The van der Waals surface area contributed by atoms with E-state index >= 15 is 0 Å². The number of ether oxygens (including phenoxy) is 1. The van der Waals surface area contributed by atoms with Crippen LogP contribution in [0.4, 0.5) is 9.18 Å². The summed E-state index contributed by atoms with van der Waals surface area (Å²) in [6, 6.07) is 4.03. The van der Waals surface area contributed by atoms with Crippen LogP contribution < -0.4 is 10.8 Å². The molecule has 3 rings (SSSR count). The Morgan fingerprint density at radius 1 is 1.19 bits per heavy atom. The third kappa shape index (κ3) is 5.21. The molecule has 0 bridgehead atoms. The highest BCUT2D eigenvalue weighted by atomic mass is 19.1. The number of hydrogen-bond donors (Lipinski definition) is 1. The van der Waals surface area contributed by atoms with Gasteiger partial charge in [-0.2, -0.15) is 0 Å². The van der Waals surface area contributed by atoms with Gasteiger partial charge in [0.25, 0.3) is 5.91 Å². The number of carbonyl (C=O) groups is 2. The van der Waals surface area contributed by atoms with Crippen molar-refractivity contribution in [2.24, 2.45) is 0 Å². The zero-order chi connectivity index (χ0) is 23.2. The number of halogens is 1. The maximum atomic E-state index is 14.6. The van der Waals surface area contributed by atoms with Crippen LogP contribution in [0.1, 0.15) is 65.2 Å². The van der Waals surface area contributed by atoms with Crippen molar-refractivity contribution < 1.29 is 28.0 Å². The minimum atomic E-state index is -0.891. The highest BCUT2D eigenvalue weighted by molar-refractivity contribution is 6.62. The van der Waals surface area contributed by atoms with Crippen LogP contribution in [-0.4, -0.2) is 60.0 Å². The van der Waals surface area contributed by atoms with Crippen molar-refractivity contribution in [3.8, 4) is 0 Å². The summed E-state index contributed by atoms with van der Waals surface area (Å²) in [5, 5.41) is 2.80. The Labute approximate surface area is 183 Å². The number of rotatable bonds is 3. The zero-order valence-corrected chi connectivity index (χ0v) is 19.4. The van der Waals surface area contributed by atoms with Crippen molar-refractivity contribution in [2.45, 2.75) is 77.7 Å². The Hall–Kier alpha value is -2.13. The van der Waals surface area contributed by atoms with Gasteiger partial charge in [0.05, 0.1) is 17.2 Å². The van der Waals surface area contributed by atoms with Gasteiger partial charge in [-0.15, -0.1) is 0 Å². The lowest BCUT2D eigenvalue weighted by Gasteiger charge is -2.32. The lowest BCUT2D eigenvalue weighted by atomic mass is 9.78. The van der Waals surface area contributed by atoms with Crippen LogP contribution in [0, 0.1) is 5.82 Å². The molecule has 0 unspecified atom stereocenters. The summed E-state index contributed by atoms with van der Waals surface area (Å²) < 4.78 is 31.7. The van der Waals surface area contributed by atoms with Gasteiger partial charge in [-0.1, -0.05) is 0 Å². The summed E-state index contributed by atoms with van der Waals surface area (Å²) in [4.78, 5) is 26.6. The molecule has 2 aliphatic heterocycles. The Morgan fingerprint density at radius 3 is 2.39 bits per heavy atom. The van der Waals surface area contributed by atoms with Crippen LogP contribution in [0.2, 0.25) is 0 Å². The van der Waals surface area contributed by atoms with E-state index in [9.17, 15) is 14.0 Å². The molecular formula is C22H32BFN2O5. The summed E-state index contributed by atoms with van der Waals surface area (Å²) >= 11 is 0. The standard InChI is InChI=1S/C22H32BFN2O5/c1-20(2,3)29-19(28)25-15-10-11-26(13-15)18(27)14-8-9-17(24)16(12-14)23-30-21(4,5)22(6,7)31-23/h8-9,12,15H,10-11,13H2,1-7H3,(H,25,28)/t15-/m1/s1. The van der Waals surface area contributed by atoms with Gasteiger partial charge in [-0.25, -0.2) is 9.18 Å². The highest BCUT2D eigenvalue weighted by Gasteiger charge is 2.52. The van der Waals surface area contributed by atoms with Gasteiger partial charge in [0.1, 0.15) is 11.4 Å². The molecule has 1 aromatic carbocycles. The van der Waals surface area contributed by atoms with Crippen LogP contribution >= 0.6 is 0 Å². The summed E-state index contributed by atoms with van der Waals surface area (Å²) in [6.45, 7) is 13.8. The summed E-state index contributed by atoms with van der Waals surface area (Å²) in [5.74, 6) is -0.716. The van der Waals surface area contributed by atoms with Gasteiger partial charge in [-0.05, 0) is 73.1 Å². The molecule has 2 amide bonds. The van der Waals surface area contributed by atoms with Crippen molar-refractivity contribution in [1.82, 2.24) is 10.2 Å². The quantitative estimate of drug-likeness (QED) is 0.741. The van der Waals surface area contributed by atoms with Crippen LogP contribution in [0.3, 0.4) is 0 Å². The molecule has 2 heterocycles. The third-order valence-electron chi connectivity index (χ3n) is 5.95. The molecule has 1 N–H and O–H groups in total. The average molecular weight is 434 g/mol. The lowest BCUT2D eigenvalue weighted by Crippen LogP contribution is -2.41. The van der Waals surface area contributed by atoms with Crippen molar-refractivity contribution in [1.29, 1.82) is 0 Å². The van der Waals surface area contributed by atoms with E-state index in [0.717, 1.165) is 0 Å². The monoisotopic (exact) mass is 434 g/mol. The molecule has 2 fully saturated rings. The maximum absolute atomic E-state index is 14.6. The predicted octanol–water partition coefficient (Wildman–Crippen LogP) is 2.86. The number of carbonyl (C=O) groups excluding carboxylic acids is 2. The van der Waals surface area contributed by atoms with Gasteiger partial charge in [0.15, 0.2) is 0 Å². The number of nitrogens with zero attached hydrogens (tertiary/aromatic N) is 1. The van der Waals surface area contributed by atoms with Crippen LogP contribution in [-0.2, 0) is 14.0 Å². The molecule has 9 heteroatoms. The molecule has 170 valence electrons. The molecule has 0 saturated carbocycles. The van der Waals surface area contributed by atoms with E-state index in [0.29, 0.717) is 25.1 Å². The summed E-state index contributed by atoms with van der Waals surface area (Å²) in [6.07, 6.45) is 0.118. The molecule has 2 aliphatic rings. The molecule has 1 atom stereocenters. The van der Waals surface area contributed by atoms with E-state index in [2.05, 4.69) is 5.32 Å². The summed E-state index contributed by atoms with van der Waals surface area (Å²) in [7, 11) is -0.891. The van der Waals surface area contributed by atoms with Crippen molar-refractivity contribution in [3.05, 3.63) is 29.6 Å². The van der Waals surface area contributed by atoms with Crippen LogP contribution in [0.5, 0.6) is 0 Å². The van der Waals surface area contributed by atoms with Gasteiger partial charge < -0.3 is 24.3 Å². The molecule has 0 radical (unpaired) electrons. The first kappa shape index (κ1) is 23.5. The molecule has 0 aliphatic carbocycles. The predicted molar refractivity (Wildman–Crippen MR) is 116 cm³/mol. The maximum Gasteiger partial charge on any atom is 0.497 e. The number of nitrogens with one attached hydrogen (secondary N) is 1. The van der Waals surface area contributed by atoms with Crippen molar-refractivity contribution in [2.75, 3.05) is 13.1 Å². The van der Waals surface area contributed by atoms with E-state index in [-0.39, 0.29) is 17.4 Å². The first-order valence-corrected chi connectivity index (χ1v) is 10.6. The van der Waals surface area contributed by atoms with Crippen molar-refractivity contribution in [3.63, 3.8) is 0 Å². The van der Waals surface area contributed by atoms with E-state index in [1.807, 2.05) is 27.7 Å². The smallest absolute Gasteiger partial charge is 0.444 e. The number of benzene rings is 1. The Kier molecular flexibility index (Phi) is 6.14. The van der Waals surface area contributed by atoms with E-state index < -0.39 is 35.8 Å². The largest absolute Gasteiger partial charge is 0.497 e. The Balaban J connectivity index is 1.68. The molecule has 7 nitrogen and oxygen atoms in total. The third-order valence-corrected chi connectivity index (χ3v) is 5.95. The SMILES string of the molecule is CC(C)(C)OC(=O)N[C@@H]1CCN(C(=O)c2ccc(F)c(B3OC(C)(C)C(C)(C)O3)c2)C1. The number of likely N-dealkylation sites (tertiary alicyclic amines) is 1. The first-order chi connectivity index (χ1) is 14.2. The fourth-order valence-corrected chi connectivity index (χ4v) is 3.55. The summed E-state index contributed by atoms with van der Waals surface area (Å²) in [5.41, 5.74) is -1.26. The zero-order valence-electron chi connectivity index (χ0n) is 19.4. The van der Waals surface area contributed by atoms with Crippen LogP contribution in [0.15, 0.2) is 18.2 Å². The molecule has 1 aromatic rings. The Bertz CT molecular complexity index is 852. The van der Waals surface area contributed by atoms with E-state index in [1.165, 1.54) is 18.2 Å². The lowest BCUT2D eigenvalue weighted by molar-refractivity contribution is 0.00578. The second-order valence-corrected chi connectivity index (χ2v) is 10.2. The second kappa shape index (κ2) is 8.09.